The summed E-state index contributed by atoms with van der Waals surface area (Å²) in [4.78, 5) is 0. The fraction of sp³-hybridized carbons (Fsp3) is 0.625. The molecule has 0 bridgehead atoms. The molecule has 0 aromatic heterocycles. The van der Waals surface area contributed by atoms with E-state index < -0.39 is 0 Å². The first kappa shape index (κ1) is 12.0. The van der Waals surface area contributed by atoms with Crippen LogP contribution in [0.2, 0.25) is 0 Å². The molecule has 3 unspecified atom stereocenters. The molecular formula is C16H24NO+. The van der Waals surface area contributed by atoms with E-state index in [1.165, 1.54) is 36.0 Å². The van der Waals surface area contributed by atoms with Crippen molar-refractivity contribution in [2.45, 2.75) is 37.6 Å². The fourth-order valence-corrected chi connectivity index (χ4v) is 4.48. The quantitative estimate of drug-likeness (QED) is 0.588. The molecule has 1 aromatic carbocycles. The van der Waals surface area contributed by atoms with Crippen LogP contribution in [0.25, 0.3) is 0 Å². The maximum absolute atomic E-state index is 5.41. The predicted octanol–water partition coefficient (Wildman–Crippen LogP) is 2.97. The number of ether oxygens (including phenoxy) is 1. The third-order valence-corrected chi connectivity index (χ3v) is 6.03. The van der Waals surface area contributed by atoms with Gasteiger partial charge in [0.25, 0.3) is 0 Å². The van der Waals surface area contributed by atoms with Gasteiger partial charge in [-0.3, -0.25) is 0 Å². The number of quaternary nitrogens is 1. The molecular weight excluding hydrogens is 222 g/mol. The Balaban J connectivity index is 2.07. The first-order chi connectivity index (χ1) is 8.51. The van der Waals surface area contributed by atoms with E-state index in [4.69, 9.17) is 4.74 Å². The molecule has 0 N–H and O–H groups in total. The van der Waals surface area contributed by atoms with Crippen molar-refractivity contribution < 1.29 is 9.22 Å². The minimum atomic E-state index is 0.344. The molecule has 0 amide bonds. The smallest absolute Gasteiger partial charge is 0.156 e. The number of likely N-dealkylation sites (N-methyl/N-ethyl adjacent to an activating group) is 1. The normalized spacial score (nSPS) is 41.6. The zero-order valence-corrected chi connectivity index (χ0v) is 12.0. The van der Waals surface area contributed by atoms with Gasteiger partial charge in [0.05, 0.1) is 26.1 Å². The number of rotatable bonds is 3. The first-order valence-corrected chi connectivity index (χ1v) is 7.00. The molecule has 2 fully saturated rings. The number of fused-ring (bicyclic) bond motifs is 1. The van der Waals surface area contributed by atoms with Crippen molar-refractivity contribution >= 4 is 0 Å². The summed E-state index contributed by atoms with van der Waals surface area (Å²) in [7, 11) is 4.17. The zero-order valence-electron chi connectivity index (χ0n) is 12.0. The Morgan fingerprint density at radius 3 is 2.67 bits per heavy atom. The summed E-state index contributed by atoms with van der Waals surface area (Å²) in [6.07, 6.45) is 2.54. The van der Waals surface area contributed by atoms with Gasteiger partial charge in [0.15, 0.2) is 5.54 Å². The van der Waals surface area contributed by atoms with Crippen molar-refractivity contribution in [3.8, 4) is 5.75 Å². The lowest BCUT2D eigenvalue weighted by molar-refractivity contribution is -0.796. The summed E-state index contributed by atoms with van der Waals surface area (Å²) >= 11 is 0. The Morgan fingerprint density at radius 2 is 2.17 bits per heavy atom. The highest BCUT2D eigenvalue weighted by Crippen LogP contribution is 2.62. The fourth-order valence-electron chi connectivity index (χ4n) is 4.48. The largest absolute Gasteiger partial charge is 0.497 e. The third-order valence-electron chi connectivity index (χ3n) is 6.03. The van der Waals surface area contributed by atoms with Crippen LogP contribution in [-0.4, -0.2) is 37.3 Å². The van der Waals surface area contributed by atoms with Crippen LogP contribution in [0.3, 0.4) is 0 Å². The molecule has 3 atom stereocenters. The Bertz CT molecular complexity index is 482. The minimum Gasteiger partial charge on any atom is -0.497 e. The van der Waals surface area contributed by atoms with Gasteiger partial charge in [0.1, 0.15) is 12.3 Å². The number of hydrogen-bond acceptors (Lipinski definition) is 1. The second-order valence-electron chi connectivity index (χ2n) is 6.47. The lowest BCUT2D eigenvalue weighted by atomic mass is 9.67. The number of hydrogen-bond donors (Lipinski definition) is 0. The van der Waals surface area contributed by atoms with Gasteiger partial charge in [-0.25, -0.2) is 0 Å². The van der Waals surface area contributed by atoms with E-state index in [0.29, 0.717) is 11.0 Å². The SMILES string of the molecule is CCC1(c2cccc(OC)c2)CC[N+]2(C)CC12C. The molecule has 2 aliphatic rings. The number of methoxy groups -OCH3 is 1. The minimum absolute atomic E-state index is 0.344. The maximum atomic E-state index is 5.41. The van der Waals surface area contributed by atoms with Crippen LogP contribution in [0.5, 0.6) is 5.75 Å². The van der Waals surface area contributed by atoms with Gasteiger partial charge >= 0.3 is 0 Å². The average molecular weight is 246 g/mol. The number of benzene rings is 1. The standard InChI is InChI=1S/C16H24NO/c1-5-16(9-10-17(3)12-15(16,17)2)13-7-6-8-14(11-13)18-4/h6-8,11H,5,9-10,12H2,1-4H3/q+1. The Kier molecular flexibility index (Phi) is 2.34. The van der Waals surface area contributed by atoms with E-state index in [-0.39, 0.29) is 0 Å². The van der Waals surface area contributed by atoms with E-state index in [2.05, 4.69) is 39.1 Å². The molecule has 18 heavy (non-hydrogen) atoms. The summed E-state index contributed by atoms with van der Waals surface area (Å²) in [5.74, 6) is 0.991. The second kappa shape index (κ2) is 3.51. The van der Waals surface area contributed by atoms with Crippen molar-refractivity contribution in [2.75, 3.05) is 27.2 Å². The van der Waals surface area contributed by atoms with Crippen LogP contribution in [0.1, 0.15) is 32.3 Å². The van der Waals surface area contributed by atoms with Crippen LogP contribution in [0.4, 0.5) is 0 Å². The highest BCUT2D eigenvalue weighted by atomic mass is 16.5. The lowest BCUT2D eigenvalue weighted by Crippen LogP contribution is -2.40. The summed E-state index contributed by atoms with van der Waals surface area (Å²) in [5, 5.41) is 0. The molecule has 2 aliphatic heterocycles. The monoisotopic (exact) mass is 246 g/mol. The third kappa shape index (κ3) is 1.22. The molecule has 0 aliphatic carbocycles. The Labute approximate surface area is 110 Å². The predicted molar refractivity (Wildman–Crippen MR) is 73.9 cm³/mol. The zero-order chi connectivity index (χ0) is 13.0. The molecule has 2 heterocycles. The molecule has 98 valence electrons. The first-order valence-electron chi connectivity index (χ1n) is 7.00. The van der Waals surface area contributed by atoms with E-state index in [1.54, 1.807) is 7.11 Å². The Morgan fingerprint density at radius 1 is 1.39 bits per heavy atom. The molecule has 3 rings (SSSR count). The molecule has 2 heteroatoms. The van der Waals surface area contributed by atoms with Crippen LogP contribution >= 0.6 is 0 Å². The number of nitrogens with zero attached hydrogens (tertiary/aromatic N) is 1. The van der Waals surface area contributed by atoms with E-state index in [1.807, 2.05) is 6.07 Å². The van der Waals surface area contributed by atoms with Crippen LogP contribution in [-0.2, 0) is 5.41 Å². The summed E-state index contributed by atoms with van der Waals surface area (Å²) in [6.45, 7) is 7.47. The van der Waals surface area contributed by atoms with Crippen LogP contribution in [0.15, 0.2) is 24.3 Å². The van der Waals surface area contributed by atoms with Crippen molar-refractivity contribution in [3.63, 3.8) is 0 Å². The molecule has 0 spiro atoms. The van der Waals surface area contributed by atoms with Crippen LogP contribution in [0, 0.1) is 0 Å². The van der Waals surface area contributed by atoms with E-state index in [0.717, 1.165) is 5.75 Å². The summed E-state index contributed by atoms with van der Waals surface area (Å²) in [5.41, 5.74) is 2.26. The van der Waals surface area contributed by atoms with Crippen molar-refractivity contribution in [1.29, 1.82) is 0 Å². The van der Waals surface area contributed by atoms with Gasteiger partial charge in [-0.2, -0.15) is 0 Å². The van der Waals surface area contributed by atoms with Gasteiger partial charge in [0.2, 0.25) is 0 Å². The molecule has 0 saturated carbocycles. The van der Waals surface area contributed by atoms with E-state index in [9.17, 15) is 0 Å². The average Bonchev–Trinajstić information content (AvgIpc) is 2.87. The van der Waals surface area contributed by atoms with E-state index >= 15 is 0 Å². The number of piperidine rings is 1. The Hall–Kier alpha value is -1.02. The van der Waals surface area contributed by atoms with Gasteiger partial charge in [-0.05, 0) is 31.0 Å². The highest BCUT2D eigenvalue weighted by Gasteiger charge is 2.77. The molecule has 0 radical (unpaired) electrons. The van der Waals surface area contributed by atoms with Gasteiger partial charge in [-0.15, -0.1) is 0 Å². The van der Waals surface area contributed by atoms with Gasteiger partial charge in [-0.1, -0.05) is 19.1 Å². The summed E-state index contributed by atoms with van der Waals surface area (Å²) < 4.78 is 6.67. The molecule has 2 saturated heterocycles. The summed E-state index contributed by atoms with van der Waals surface area (Å²) in [6, 6.07) is 8.74. The lowest BCUT2D eigenvalue weighted by Gasteiger charge is -2.31. The van der Waals surface area contributed by atoms with Gasteiger partial charge in [0, 0.05) is 6.42 Å². The van der Waals surface area contributed by atoms with Crippen molar-refractivity contribution in [3.05, 3.63) is 29.8 Å². The van der Waals surface area contributed by atoms with Gasteiger partial charge < -0.3 is 9.22 Å². The highest BCUT2D eigenvalue weighted by molar-refractivity contribution is 5.39. The molecule has 1 aromatic rings. The van der Waals surface area contributed by atoms with Crippen molar-refractivity contribution in [2.24, 2.45) is 0 Å². The van der Waals surface area contributed by atoms with Crippen LogP contribution < -0.4 is 4.74 Å². The molecule has 2 nitrogen and oxygen atoms in total. The maximum Gasteiger partial charge on any atom is 0.156 e. The topological polar surface area (TPSA) is 9.23 Å². The van der Waals surface area contributed by atoms with Crippen molar-refractivity contribution in [1.82, 2.24) is 0 Å². The second-order valence-corrected chi connectivity index (χ2v) is 6.47.